The van der Waals surface area contributed by atoms with Crippen molar-refractivity contribution in [3.8, 4) is 0 Å². The SMILES string of the molecule is CSc1ncc(N=Nc2ccc(S(=O)(=O)Nc3ncccn3)cc2)c(=O)[nH]1. The summed E-state index contributed by atoms with van der Waals surface area (Å²) in [7, 11) is -3.83. The average Bonchev–Trinajstić information content (AvgIpc) is 2.68. The van der Waals surface area contributed by atoms with E-state index in [2.05, 4.69) is 34.9 Å². The molecule has 0 spiro atoms. The number of nitrogens with one attached hydrogen (secondary N) is 2. The lowest BCUT2D eigenvalue weighted by molar-refractivity contribution is 0.601. The number of aromatic amines is 1. The van der Waals surface area contributed by atoms with E-state index in [9.17, 15) is 13.2 Å². The third-order valence-electron chi connectivity index (χ3n) is 3.16. The molecule has 138 valence electrons. The summed E-state index contributed by atoms with van der Waals surface area (Å²) in [6.07, 6.45) is 5.96. The molecule has 0 unspecified atom stereocenters. The van der Waals surface area contributed by atoms with Crippen molar-refractivity contribution in [3.05, 3.63) is 59.3 Å². The van der Waals surface area contributed by atoms with E-state index in [-0.39, 0.29) is 16.5 Å². The van der Waals surface area contributed by atoms with Gasteiger partial charge in [0.15, 0.2) is 10.8 Å². The summed E-state index contributed by atoms with van der Waals surface area (Å²) in [5.41, 5.74) is 0.00926. The van der Waals surface area contributed by atoms with Gasteiger partial charge in [0.1, 0.15) is 0 Å². The Bertz CT molecular complexity index is 1110. The Morgan fingerprint density at radius 2 is 1.78 bits per heavy atom. The van der Waals surface area contributed by atoms with E-state index in [4.69, 9.17) is 0 Å². The minimum Gasteiger partial charge on any atom is -0.300 e. The summed E-state index contributed by atoms with van der Waals surface area (Å²) in [5, 5.41) is 8.23. The molecule has 0 bridgehead atoms. The Morgan fingerprint density at radius 1 is 1.07 bits per heavy atom. The molecule has 0 fully saturated rings. The summed E-state index contributed by atoms with van der Waals surface area (Å²) in [6, 6.07) is 7.22. The van der Waals surface area contributed by atoms with Crippen LogP contribution < -0.4 is 10.3 Å². The molecule has 0 saturated carbocycles. The summed E-state index contributed by atoms with van der Waals surface area (Å²) >= 11 is 1.30. The highest BCUT2D eigenvalue weighted by Crippen LogP contribution is 2.20. The first-order chi connectivity index (χ1) is 13.0. The van der Waals surface area contributed by atoms with Gasteiger partial charge in [-0.05, 0) is 36.6 Å². The number of azo groups is 1. The van der Waals surface area contributed by atoms with Crippen LogP contribution in [0.4, 0.5) is 17.3 Å². The van der Waals surface area contributed by atoms with E-state index in [0.717, 1.165) is 0 Å². The Hall–Kier alpha value is -3.12. The first-order valence-electron chi connectivity index (χ1n) is 7.43. The number of sulfonamides is 1. The van der Waals surface area contributed by atoms with Crippen LogP contribution in [0.5, 0.6) is 0 Å². The van der Waals surface area contributed by atoms with Crippen molar-refractivity contribution in [2.24, 2.45) is 10.2 Å². The molecule has 27 heavy (non-hydrogen) atoms. The number of thioether (sulfide) groups is 1. The molecule has 2 aromatic heterocycles. The van der Waals surface area contributed by atoms with Gasteiger partial charge in [0.25, 0.3) is 15.6 Å². The first-order valence-corrected chi connectivity index (χ1v) is 10.1. The number of H-pyrrole nitrogens is 1. The van der Waals surface area contributed by atoms with Gasteiger partial charge < -0.3 is 0 Å². The van der Waals surface area contributed by atoms with Crippen molar-refractivity contribution < 1.29 is 8.42 Å². The van der Waals surface area contributed by atoms with Gasteiger partial charge in [0.2, 0.25) is 5.95 Å². The third-order valence-corrected chi connectivity index (χ3v) is 5.10. The minimum absolute atomic E-state index is 0.0118. The van der Waals surface area contributed by atoms with Crippen molar-refractivity contribution in [1.82, 2.24) is 19.9 Å². The van der Waals surface area contributed by atoms with Crippen LogP contribution in [0.1, 0.15) is 0 Å². The quantitative estimate of drug-likeness (QED) is 0.366. The summed E-state index contributed by atoms with van der Waals surface area (Å²) < 4.78 is 26.9. The highest BCUT2D eigenvalue weighted by atomic mass is 32.2. The Balaban J connectivity index is 1.76. The van der Waals surface area contributed by atoms with Crippen molar-refractivity contribution in [2.45, 2.75) is 10.1 Å². The smallest absolute Gasteiger partial charge is 0.279 e. The standard InChI is InChI=1S/C15H13N7O3S2/c1-26-15-18-9-12(13(23)19-15)21-20-10-3-5-11(6-4-10)27(24,25)22-14-16-7-2-8-17-14/h2-9H,1H3,(H,16,17,22)(H,18,19,23). The maximum absolute atomic E-state index is 12.3. The van der Waals surface area contributed by atoms with E-state index in [1.807, 2.05) is 0 Å². The van der Waals surface area contributed by atoms with Crippen molar-refractivity contribution in [3.63, 3.8) is 0 Å². The van der Waals surface area contributed by atoms with Gasteiger partial charge in [-0.1, -0.05) is 11.8 Å². The highest BCUT2D eigenvalue weighted by Gasteiger charge is 2.15. The lowest BCUT2D eigenvalue weighted by atomic mass is 10.3. The van der Waals surface area contributed by atoms with Gasteiger partial charge in [0.05, 0.1) is 16.8 Å². The Kier molecular flexibility index (Phi) is 5.57. The van der Waals surface area contributed by atoms with Crippen molar-refractivity contribution in [1.29, 1.82) is 0 Å². The van der Waals surface area contributed by atoms with Crippen LogP contribution in [-0.4, -0.2) is 34.6 Å². The van der Waals surface area contributed by atoms with Gasteiger partial charge in [0, 0.05) is 12.4 Å². The molecule has 12 heteroatoms. The number of nitrogens with zero attached hydrogens (tertiary/aromatic N) is 5. The van der Waals surface area contributed by atoms with Crippen LogP contribution >= 0.6 is 11.8 Å². The third kappa shape index (κ3) is 4.74. The van der Waals surface area contributed by atoms with Gasteiger partial charge >= 0.3 is 0 Å². The summed E-state index contributed by atoms with van der Waals surface area (Å²) in [5.74, 6) is -0.0262. The molecule has 0 aliphatic heterocycles. The molecule has 10 nitrogen and oxygen atoms in total. The zero-order chi connectivity index (χ0) is 19.3. The molecule has 0 amide bonds. The molecule has 0 radical (unpaired) electrons. The molecule has 2 heterocycles. The number of hydrogen-bond donors (Lipinski definition) is 2. The van der Waals surface area contributed by atoms with Crippen LogP contribution in [0.25, 0.3) is 0 Å². The lowest BCUT2D eigenvalue weighted by Crippen LogP contribution is -2.14. The van der Waals surface area contributed by atoms with Crippen LogP contribution in [-0.2, 0) is 10.0 Å². The average molecular weight is 403 g/mol. The van der Waals surface area contributed by atoms with E-state index in [1.54, 1.807) is 12.3 Å². The predicted octanol–water partition coefficient (Wildman–Crippen LogP) is 2.50. The molecule has 0 saturated heterocycles. The monoisotopic (exact) mass is 403 g/mol. The molecule has 0 atom stereocenters. The Labute approximate surface area is 158 Å². The van der Waals surface area contributed by atoms with Gasteiger partial charge in [-0.15, -0.1) is 5.11 Å². The molecule has 3 aromatic rings. The molecule has 2 N–H and O–H groups in total. The minimum atomic E-state index is -3.83. The molecule has 3 rings (SSSR count). The molecule has 0 aliphatic carbocycles. The largest absolute Gasteiger partial charge is 0.300 e. The van der Waals surface area contributed by atoms with Crippen molar-refractivity contribution >= 4 is 39.1 Å². The van der Waals surface area contributed by atoms with Crippen LogP contribution in [0.2, 0.25) is 0 Å². The topological polar surface area (TPSA) is 142 Å². The highest BCUT2D eigenvalue weighted by molar-refractivity contribution is 7.98. The number of rotatable bonds is 6. The predicted molar refractivity (Wildman–Crippen MR) is 100 cm³/mol. The van der Waals surface area contributed by atoms with E-state index < -0.39 is 15.6 Å². The fourth-order valence-electron chi connectivity index (χ4n) is 1.88. The molecular formula is C15H13N7O3S2. The first kappa shape index (κ1) is 18.7. The van der Waals surface area contributed by atoms with E-state index in [1.165, 1.54) is 54.6 Å². The second-order valence-corrected chi connectivity index (χ2v) is 7.46. The fraction of sp³-hybridized carbons (Fsp3) is 0.0667. The van der Waals surface area contributed by atoms with Crippen LogP contribution in [0.3, 0.4) is 0 Å². The van der Waals surface area contributed by atoms with Gasteiger partial charge in [-0.25, -0.2) is 28.1 Å². The number of hydrogen-bond acceptors (Lipinski definition) is 9. The number of benzene rings is 1. The number of anilines is 1. The van der Waals surface area contributed by atoms with Crippen molar-refractivity contribution in [2.75, 3.05) is 11.0 Å². The second-order valence-electron chi connectivity index (χ2n) is 4.98. The normalized spacial score (nSPS) is 11.6. The maximum Gasteiger partial charge on any atom is 0.279 e. The summed E-state index contributed by atoms with van der Waals surface area (Å²) in [4.78, 5) is 26.0. The molecule has 1 aromatic carbocycles. The van der Waals surface area contributed by atoms with E-state index >= 15 is 0 Å². The van der Waals surface area contributed by atoms with E-state index in [0.29, 0.717) is 10.8 Å². The lowest BCUT2D eigenvalue weighted by Gasteiger charge is -2.06. The molecule has 0 aliphatic rings. The number of aromatic nitrogens is 4. The van der Waals surface area contributed by atoms with Crippen LogP contribution in [0, 0.1) is 0 Å². The zero-order valence-corrected chi connectivity index (χ0v) is 15.5. The molecular weight excluding hydrogens is 390 g/mol. The zero-order valence-electron chi connectivity index (χ0n) is 13.9. The van der Waals surface area contributed by atoms with Crippen LogP contribution in [0.15, 0.2) is 74.0 Å². The Morgan fingerprint density at radius 3 is 2.41 bits per heavy atom. The van der Waals surface area contributed by atoms with Gasteiger partial charge in [-0.3, -0.25) is 9.78 Å². The fourth-order valence-corrected chi connectivity index (χ4v) is 3.19. The maximum atomic E-state index is 12.3. The second kappa shape index (κ2) is 8.05. The van der Waals surface area contributed by atoms with Gasteiger partial charge in [-0.2, -0.15) is 5.11 Å². The summed E-state index contributed by atoms with van der Waals surface area (Å²) in [6.45, 7) is 0.